The maximum Gasteiger partial charge on any atom is 0.318 e. The Hall–Kier alpha value is -3.74. The van der Waals surface area contributed by atoms with E-state index in [1.165, 1.54) is 19.4 Å². The summed E-state index contributed by atoms with van der Waals surface area (Å²) in [6, 6.07) is 6.16. The fourth-order valence-corrected chi connectivity index (χ4v) is 2.57. The van der Waals surface area contributed by atoms with Crippen LogP contribution >= 0.6 is 15.9 Å². The van der Waals surface area contributed by atoms with E-state index < -0.39 is 21.2 Å². The van der Waals surface area contributed by atoms with Crippen molar-refractivity contribution in [3.63, 3.8) is 0 Å². The van der Waals surface area contributed by atoms with Gasteiger partial charge in [-0.3, -0.25) is 20.2 Å². The minimum Gasteiger partial charge on any atom is -0.493 e. The number of nitrogens with two attached hydrogens (primary N) is 2. The van der Waals surface area contributed by atoms with E-state index in [2.05, 4.69) is 26.1 Å². The smallest absolute Gasteiger partial charge is 0.318 e. The van der Waals surface area contributed by atoms with Gasteiger partial charge < -0.3 is 20.9 Å². The molecule has 0 unspecified atom stereocenters. The molecule has 2 aromatic carbocycles. The Labute approximate surface area is 165 Å². The van der Waals surface area contributed by atoms with Crippen LogP contribution in [0.3, 0.4) is 0 Å². The number of hydrogen-bond acceptors (Lipinski definition) is 8. The highest BCUT2D eigenvalue weighted by Gasteiger charge is 2.23. The highest BCUT2D eigenvalue weighted by Crippen LogP contribution is 2.42. The summed E-state index contributed by atoms with van der Waals surface area (Å²) in [7, 11) is 1.37. The Kier molecular flexibility index (Phi) is 6.44. The first-order chi connectivity index (χ1) is 13.2. The lowest BCUT2D eigenvalue weighted by atomic mass is 10.2. The van der Waals surface area contributed by atoms with Crippen LogP contribution in [0.2, 0.25) is 0 Å². The van der Waals surface area contributed by atoms with Gasteiger partial charge in [0.2, 0.25) is 11.7 Å². The summed E-state index contributed by atoms with van der Waals surface area (Å²) in [5.74, 6) is -0.0733. The van der Waals surface area contributed by atoms with Crippen LogP contribution < -0.4 is 20.9 Å². The van der Waals surface area contributed by atoms with Gasteiger partial charge in [0.25, 0.3) is 5.69 Å². The van der Waals surface area contributed by atoms with Crippen LogP contribution in [0.25, 0.3) is 0 Å². The molecular weight excluding hydrogens is 440 g/mol. The van der Waals surface area contributed by atoms with Crippen LogP contribution in [-0.4, -0.2) is 29.1 Å². The van der Waals surface area contributed by atoms with Gasteiger partial charge in [0.1, 0.15) is 0 Å². The Balaban J connectivity index is 2.46. The number of benzene rings is 2. The normalized spacial score (nSPS) is 10.5. The number of halogens is 1. The second kappa shape index (κ2) is 8.77. The maximum absolute atomic E-state index is 11.3. The number of guanidine groups is 1. The fourth-order valence-electron chi connectivity index (χ4n) is 2.03. The molecule has 2 rings (SSSR count). The van der Waals surface area contributed by atoms with Crippen molar-refractivity contribution < 1.29 is 19.3 Å². The van der Waals surface area contributed by atoms with E-state index in [1.807, 2.05) is 0 Å². The Morgan fingerprint density at radius 3 is 2.43 bits per heavy atom. The Morgan fingerprint density at radius 1 is 1.14 bits per heavy atom. The lowest BCUT2D eigenvalue weighted by Gasteiger charge is -2.13. The number of ether oxygens (including phenoxy) is 2. The van der Waals surface area contributed by atoms with Crippen LogP contribution in [0, 0.1) is 20.2 Å². The van der Waals surface area contributed by atoms with Gasteiger partial charge in [-0.05, 0) is 39.7 Å². The zero-order chi connectivity index (χ0) is 20.8. The van der Waals surface area contributed by atoms with Gasteiger partial charge in [0.15, 0.2) is 11.5 Å². The van der Waals surface area contributed by atoms with E-state index in [-0.39, 0.29) is 23.2 Å². The zero-order valence-corrected chi connectivity index (χ0v) is 15.8. The standard InChI is InChI=1S/C15H13BrN6O6/c1-27-13-5-8(7-19-20-15(17)18)4-10(16)14(13)28-12-3-2-9(21(23)24)6-11(12)22(25)26/h2-7H,1H3,(H4,17,18,20). The van der Waals surface area contributed by atoms with E-state index in [4.69, 9.17) is 20.9 Å². The van der Waals surface area contributed by atoms with Crippen molar-refractivity contribution in [1.29, 1.82) is 0 Å². The molecule has 0 saturated heterocycles. The number of non-ortho nitro benzene ring substituents is 1. The number of methoxy groups -OCH3 is 1. The molecule has 4 N–H and O–H groups in total. The first-order valence-corrected chi connectivity index (χ1v) is 8.12. The van der Waals surface area contributed by atoms with E-state index in [0.29, 0.717) is 10.0 Å². The summed E-state index contributed by atoms with van der Waals surface area (Å²) in [5, 5.41) is 29.3. The van der Waals surface area contributed by atoms with Gasteiger partial charge in [-0.2, -0.15) is 5.10 Å². The van der Waals surface area contributed by atoms with Crippen molar-refractivity contribution in [3.8, 4) is 17.2 Å². The van der Waals surface area contributed by atoms with Crippen LogP contribution in [0.1, 0.15) is 5.56 Å². The van der Waals surface area contributed by atoms with Crippen LogP contribution in [-0.2, 0) is 0 Å². The SMILES string of the molecule is COc1cc(C=NN=C(N)N)cc(Br)c1Oc1ccc([N+](=O)[O-])cc1[N+](=O)[O-]. The van der Waals surface area contributed by atoms with Gasteiger partial charge in [0, 0.05) is 6.07 Å². The van der Waals surface area contributed by atoms with E-state index >= 15 is 0 Å². The molecule has 0 amide bonds. The predicted octanol–water partition coefficient (Wildman–Crippen LogP) is 2.67. The molecule has 0 radical (unpaired) electrons. The first-order valence-electron chi connectivity index (χ1n) is 7.33. The minimum atomic E-state index is -0.779. The molecule has 12 nitrogen and oxygen atoms in total. The molecule has 0 heterocycles. The molecule has 0 aromatic heterocycles. The fraction of sp³-hybridized carbons (Fsp3) is 0.0667. The molecule has 13 heteroatoms. The predicted molar refractivity (Wildman–Crippen MR) is 104 cm³/mol. The third kappa shape index (κ3) is 4.91. The summed E-state index contributed by atoms with van der Waals surface area (Å²) in [6.45, 7) is 0. The van der Waals surface area contributed by atoms with Gasteiger partial charge in [-0.1, -0.05) is 0 Å². The number of rotatable bonds is 7. The molecule has 0 aliphatic carbocycles. The van der Waals surface area contributed by atoms with Crippen LogP contribution in [0.15, 0.2) is 45.0 Å². The molecular formula is C15H13BrN6O6. The highest BCUT2D eigenvalue weighted by molar-refractivity contribution is 9.10. The topological polar surface area (TPSA) is 182 Å². The zero-order valence-electron chi connectivity index (χ0n) is 14.2. The number of nitro benzene ring substituents is 2. The van der Waals surface area contributed by atoms with Gasteiger partial charge in [-0.15, -0.1) is 5.10 Å². The number of nitrogens with zero attached hydrogens (tertiary/aromatic N) is 4. The largest absolute Gasteiger partial charge is 0.493 e. The van der Waals surface area contributed by atoms with Crippen molar-refractivity contribution >= 4 is 39.5 Å². The van der Waals surface area contributed by atoms with Crippen LogP contribution in [0.4, 0.5) is 11.4 Å². The molecule has 0 aliphatic rings. The van der Waals surface area contributed by atoms with E-state index in [1.54, 1.807) is 6.07 Å². The molecule has 0 saturated carbocycles. The second-order valence-corrected chi connectivity index (χ2v) is 5.93. The van der Waals surface area contributed by atoms with Crippen LogP contribution in [0.5, 0.6) is 17.2 Å². The molecule has 0 aliphatic heterocycles. The highest BCUT2D eigenvalue weighted by atomic mass is 79.9. The summed E-state index contributed by atoms with van der Waals surface area (Å²) in [4.78, 5) is 20.6. The van der Waals surface area contributed by atoms with E-state index in [0.717, 1.165) is 18.2 Å². The molecule has 28 heavy (non-hydrogen) atoms. The Morgan fingerprint density at radius 2 is 1.86 bits per heavy atom. The van der Waals surface area contributed by atoms with Crippen molar-refractivity contribution in [2.24, 2.45) is 21.7 Å². The third-order valence-electron chi connectivity index (χ3n) is 3.19. The quantitative estimate of drug-likeness (QED) is 0.278. The minimum absolute atomic E-state index is 0.124. The summed E-state index contributed by atoms with van der Waals surface area (Å²) in [6.07, 6.45) is 1.35. The molecule has 0 bridgehead atoms. The lowest BCUT2D eigenvalue weighted by Crippen LogP contribution is -2.21. The summed E-state index contributed by atoms with van der Waals surface area (Å²) < 4.78 is 11.2. The monoisotopic (exact) mass is 452 g/mol. The first kappa shape index (κ1) is 20.6. The summed E-state index contributed by atoms with van der Waals surface area (Å²) >= 11 is 3.29. The average molecular weight is 453 g/mol. The van der Waals surface area contributed by atoms with Crippen molar-refractivity contribution in [2.45, 2.75) is 0 Å². The molecule has 0 fully saturated rings. The third-order valence-corrected chi connectivity index (χ3v) is 3.78. The average Bonchev–Trinajstić information content (AvgIpc) is 2.63. The van der Waals surface area contributed by atoms with Crippen molar-refractivity contribution in [1.82, 2.24) is 0 Å². The Bertz CT molecular complexity index is 989. The summed E-state index contributed by atoms with van der Waals surface area (Å²) in [5.41, 5.74) is 9.91. The number of nitro groups is 2. The molecule has 0 atom stereocenters. The van der Waals surface area contributed by atoms with Gasteiger partial charge in [0.05, 0.1) is 33.7 Å². The molecule has 146 valence electrons. The molecule has 2 aromatic rings. The van der Waals surface area contributed by atoms with E-state index in [9.17, 15) is 20.2 Å². The molecule has 0 spiro atoms. The van der Waals surface area contributed by atoms with Crippen molar-refractivity contribution in [3.05, 3.63) is 60.6 Å². The number of hydrogen-bond donors (Lipinski definition) is 2. The van der Waals surface area contributed by atoms with Crippen molar-refractivity contribution in [2.75, 3.05) is 7.11 Å². The lowest BCUT2D eigenvalue weighted by molar-refractivity contribution is -0.394. The van der Waals surface area contributed by atoms with Gasteiger partial charge >= 0.3 is 5.69 Å². The van der Waals surface area contributed by atoms with Gasteiger partial charge in [-0.25, -0.2) is 0 Å². The maximum atomic E-state index is 11.3. The second-order valence-electron chi connectivity index (χ2n) is 5.07.